The van der Waals surface area contributed by atoms with Gasteiger partial charge in [-0.25, -0.2) is 9.07 Å². The zero-order valence-electron chi connectivity index (χ0n) is 22.3. The molecule has 3 N–H and O–H groups in total. The van der Waals surface area contributed by atoms with E-state index in [1.54, 1.807) is 16.8 Å². The van der Waals surface area contributed by atoms with Crippen LogP contribution >= 0.6 is 10.6 Å². The summed E-state index contributed by atoms with van der Waals surface area (Å²) in [7, 11) is -2.47. The Morgan fingerprint density at radius 3 is 2.33 bits per heavy atom. The first kappa shape index (κ1) is 26.8. The maximum Gasteiger partial charge on any atom is 0.225 e. The van der Waals surface area contributed by atoms with E-state index in [1.165, 1.54) is 12.1 Å². The minimum Gasteiger partial charge on any atom is -0.368 e. The van der Waals surface area contributed by atoms with E-state index in [9.17, 15) is 23.6 Å². The normalized spacial score (nSPS) is 24.1. The van der Waals surface area contributed by atoms with Gasteiger partial charge in [0.15, 0.2) is 0 Å². The zero-order chi connectivity index (χ0) is 27.9. The van der Waals surface area contributed by atoms with Crippen LogP contribution < -0.4 is 10.2 Å². The number of hydrogen-bond donors (Lipinski definition) is 3. The average Bonchev–Trinajstić information content (AvgIpc) is 3.60. The lowest BCUT2D eigenvalue weighted by Crippen LogP contribution is -2.42. The molecule has 2 saturated carbocycles. The molecule has 2 aliphatic carbocycles. The Labute approximate surface area is 235 Å². The van der Waals surface area contributed by atoms with Gasteiger partial charge in [0.25, 0.3) is 0 Å². The maximum atomic E-state index is 13.7. The fourth-order valence-corrected chi connectivity index (χ4v) is 7.17. The van der Waals surface area contributed by atoms with Crippen LogP contribution in [-0.2, 0) is 4.79 Å². The molecule has 210 valence electrons. The summed E-state index contributed by atoms with van der Waals surface area (Å²) >= 11 is 0. The van der Waals surface area contributed by atoms with Crippen molar-refractivity contribution in [3.05, 3.63) is 66.2 Å². The molecule has 2 aromatic carbocycles. The number of amides is 1. The molecule has 2 heterocycles. The quantitative estimate of drug-likeness (QED) is 0.355. The van der Waals surface area contributed by atoms with Crippen molar-refractivity contribution < 1.29 is 18.3 Å². The monoisotopic (exact) mass is 563 g/mol. The lowest BCUT2D eigenvalue weighted by atomic mass is 9.75. The number of carbonyl (C=O) groups is 1. The number of nitrogens with one attached hydrogen (secondary N) is 1. The van der Waals surface area contributed by atoms with Crippen LogP contribution in [0.1, 0.15) is 50.1 Å². The van der Waals surface area contributed by atoms with Crippen LogP contribution in [0.3, 0.4) is 0 Å². The number of rotatable bonds is 6. The van der Waals surface area contributed by atoms with Gasteiger partial charge in [0, 0.05) is 42.4 Å². The third kappa shape index (κ3) is 5.46. The first-order valence-electron chi connectivity index (χ1n) is 13.9. The van der Waals surface area contributed by atoms with Crippen molar-refractivity contribution in [1.29, 1.82) is 5.26 Å². The maximum absolute atomic E-state index is 13.7. The third-order valence-corrected chi connectivity index (χ3v) is 10.2. The number of nitriles is 1. The summed E-state index contributed by atoms with van der Waals surface area (Å²) < 4.78 is 35.4. The van der Waals surface area contributed by atoms with Crippen molar-refractivity contribution in [1.82, 2.24) is 15.1 Å². The number of nitrogens with zero attached hydrogens (tertiary/aromatic N) is 4. The van der Waals surface area contributed by atoms with E-state index in [-0.39, 0.29) is 23.6 Å². The van der Waals surface area contributed by atoms with Crippen molar-refractivity contribution >= 4 is 22.2 Å². The topological polar surface area (TPSA) is 114 Å². The van der Waals surface area contributed by atoms with E-state index in [2.05, 4.69) is 16.3 Å². The molecule has 3 fully saturated rings. The van der Waals surface area contributed by atoms with Gasteiger partial charge in [0.2, 0.25) is 5.91 Å². The molecule has 10 heteroatoms. The van der Waals surface area contributed by atoms with E-state index in [4.69, 9.17) is 5.10 Å². The van der Waals surface area contributed by atoms with Crippen molar-refractivity contribution in [3.8, 4) is 22.9 Å². The van der Waals surface area contributed by atoms with Gasteiger partial charge >= 0.3 is 0 Å². The van der Waals surface area contributed by atoms with Crippen molar-refractivity contribution in [2.75, 3.05) is 29.5 Å². The van der Waals surface area contributed by atoms with Gasteiger partial charge in [-0.2, -0.15) is 21.0 Å². The van der Waals surface area contributed by atoms with E-state index in [0.29, 0.717) is 37.4 Å². The third-order valence-electron chi connectivity index (χ3n) is 8.53. The average molecular weight is 564 g/mol. The molecule has 0 bridgehead atoms. The largest absolute Gasteiger partial charge is 0.368 e. The Kier molecular flexibility index (Phi) is 7.07. The van der Waals surface area contributed by atoms with Crippen LogP contribution in [0.25, 0.3) is 16.8 Å². The SMILES string of the molecule is N#CC1(NC(=O)[C@@H]2CCCC[C@H]2c2nn(-c3ccc(F)cc3)cc2-c2ccc(N3CCS(O)(O)CC3)cc2)CC1. The smallest absolute Gasteiger partial charge is 0.225 e. The molecule has 0 spiro atoms. The van der Waals surface area contributed by atoms with Gasteiger partial charge in [-0.1, -0.05) is 25.0 Å². The second-order valence-electron chi connectivity index (χ2n) is 11.3. The predicted octanol–water partition coefficient (Wildman–Crippen LogP) is 5.70. The number of carbonyl (C=O) groups excluding carboxylic acids is 1. The Morgan fingerprint density at radius 2 is 1.68 bits per heavy atom. The number of benzene rings is 2. The summed E-state index contributed by atoms with van der Waals surface area (Å²) in [5, 5.41) is 17.6. The molecule has 1 aromatic heterocycles. The van der Waals surface area contributed by atoms with Crippen LogP contribution in [0.5, 0.6) is 0 Å². The fraction of sp³-hybridized carbons (Fsp3) is 0.433. The molecular weight excluding hydrogens is 529 g/mol. The van der Waals surface area contributed by atoms with Gasteiger partial charge in [0.05, 0.1) is 29.0 Å². The Hall–Kier alpha value is -3.39. The standard InChI is InChI=1S/C30H34FN5O3S/c31-22-7-11-24(12-8-22)36-19-27(21-5-9-23(10-6-21)35-15-17-40(38,39)18-16-35)28(34-36)25-3-1-2-4-26(25)29(37)33-30(20-32)13-14-30/h5-12,19,25-26,38-39H,1-4,13-18H2,(H,33,37)/t25-,26-/m1/s1. The van der Waals surface area contributed by atoms with Crippen LogP contribution in [0, 0.1) is 23.1 Å². The number of anilines is 1. The van der Waals surface area contributed by atoms with Crippen molar-refractivity contribution in [2.24, 2.45) is 5.92 Å². The van der Waals surface area contributed by atoms with Gasteiger partial charge in [-0.05, 0) is 67.6 Å². The summed E-state index contributed by atoms with van der Waals surface area (Å²) in [6.07, 6.45) is 6.86. The summed E-state index contributed by atoms with van der Waals surface area (Å²) in [4.78, 5) is 15.6. The van der Waals surface area contributed by atoms with E-state index in [1.807, 2.05) is 30.5 Å². The second kappa shape index (κ2) is 10.5. The lowest BCUT2D eigenvalue weighted by Gasteiger charge is -2.41. The second-order valence-corrected chi connectivity index (χ2v) is 13.7. The van der Waals surface area contributed by atoms with Gasteiger partial charge < -0.3 is 10.2 Å². The van der Waals surface area contributed by atoms with Crippen LogP contribution in [-0.4, -0.2) is 54.9 Å². The minimum atomic E-state index is -2.47. The van der Waals surface area contributed by atoms with E-state index < -0.39 is 16.1 Å². The van der Waals surface area contributed by atoms with Crippen LogP contribution in [0.2, 0.25) is 0 Å². The highest BCUT2D eigenvalue weighted by molar-refractivity contribution is 8.24. The summed E-state index contributed by atoms with van der Waals surface area (Å²) in [6.45, 7) is 1.19. The molecule has 1 saturated heterocycles. The highest BCUT2D eigenvalue weighted by atomic mass is 32.3. The van der Waals surface area contributed by atoms with Gasteiger partial charge in [-0.15, -0.1) is 0 Å². The molecule has 8 nitrogen and oxygen atoms in total. The van der Waals surface area contributed by atoms with Crippen LogP contribution in [0.15, 0.2) is 54.7 Å². The molecule has 3 aromatic rings. The first-order valence-corrected chi connectivity index (χ1v) is 15.8. The molecule has 2 atom stereocenters. The summed E-state index contributed by atoms with van der Waals surface area (Å²) in [6, 6.07) is 16.6. The zero-order valence-corrected chi connectivity index (χ0v) is 23.1. The highest BCUT2D eigenvalue weighted by Crippen LogP contribution is 2.44. The summed E-state index contributed by atoms with van der Waals surface area (Å²) in [5.41, 5.74) is 3.77. The highest BCUT2D eigenvalue weighted by Gasteiger charge is 2.47. The molecule has 3 aliphatic rings. The van der Waals surface area contributed by atoms with Crippen molar-refractivity contribution in [2.45, 2.75) is 50.0 Å². The van der Waals surface area contributed by atoms with Gasteiger partial charge in [0.1, 0.15) is 11.4 Å². The summed E-state index contributed by atoms with van der Waals surface area (Å²) in [5.74, 6) is -0.0173. The Bertz CT molecular complexity index is 1420. The molecule has 1 aliphatic heterocycles. The molecule has 6 rings (SSSR count). The predicted molar refractivity (Wildman–Crippen MR) is 154 cm³/mol. The number of hydrogen-bond acceptors (Lipinski definition) is 6. The number of halogens is 1. The minimum absolute atomic E-state index is 0.0718. The van der Waals surface area contributed by atoms with Gasteiger partial charge in [-0.3, -0.25) is 13.9 Å². The van der Waals surface area contributed by atoms with E-state index >= 15 is 0 Å². The molecule has 0 radical (unpaired) electrons. The van der Waals surface area contributed by atoms with E-state index in [0.717, 1.165) is 53.9 Å². The molecule has 0 unspecified atom stereocenters. The molecule has 40 heavy (non-hydrogen) atoms. The van der Waals surface area contributed by atoms with Crippen molar-refractivity contribution in [3.63, 3.8) is 0 Å². The van der Waals surface area contributed by atoms with Crippen LogP contribution in [0.4, 0.5) is 10.1 Å². The fourth-order valence-electron chi connectivity index (χ4n) is 5.94. The molecule has 1 amide bonds. The lowest BCUT2D eigenvalue weighted by molar-refractivity contribution is -0.127. The Morgan fingerprint density at radius 1 is 1.02 bits per heavy atom. The first-order chi connectivity index (χ1) is 19.3. The molecular formula is C30H34FN5O3S. The number of aromatic nitrogens is 2. The Balaban J connectivity index is 1.34.